The molecule has 0 N–H and O–H groups in total. The van der Waals surface area contributed by atoms with Crippen molar-refractivity contribution in [2.24, 2.45) is 125 Å². The summed E-state index contributed by atoms with van der Waals surface area (Å²) in [5.41, 5.74) is 6.14. The minimum Gasteiger partial charge on any atom is -0.298 e. The van der Waals surface area contributed by atoms with E-state index in [4.69, 9.17) is 0 Å². The molecule has 0 amide bonds. The molecule has 0 spiro atoms. The van der Waals surface area contributed by atoms with Crippen molar-refractivity contribution in [2.75, 3.05) is 0 Å². The van der Waals surface area contributed by atoms with E-state index in [9.17, 15) is 4.79 Å². The molecule has 65 heavy (non-hydrogen) atoms. The van der Waals surface area contributed by atoms with E-state index in [-0.39, 0.29) is 0 Å². The van der Waals surface area contributed by atoms with Crippen LogP contribution in [0.3, 0.4) is 0 Å². The lowest BCUT2D eigenvalue weighted by Gasteiger charge is -2.73. The van der Waals surface area contributed by atoms with Gasteiger partial charge >= 0.3 is 0 Å². The number of rotatable bonds is 8. The quantitative estimate of drug-likeness (QED) is 0.175. The Kier molecular flexibility index (Phi) is 11.6. The SMILES string of the molecule is C[C@H](CC/C=C(/C=O)C[C@@H](C)[C@H]1CC[C@]2(C)[C@H]3CC[C@@H]4[C@@]5(C)CCCC(C)(C)[C@@H]5CC[C@@]4(C)[C@]3(C)CC[C@@H]12)[C@H]1CC[C@]2(C)[C@H]3CC[C@@H]4[C@@]5(C)CCCC(C)(C)[C@@H]5CC[C@@]4(C)[C@]3(C)CC[C@@H]12. The Hall–Kier alpha value is -0.590. The second-order valence-corrected chi connectivity index (χ2v) is 31.3. The minimum atomic E-state index is 0.468. The van der Waals surface area contributed by atoms with Gasteiger partial charge in [-0.25, -0.2) is 0 Å². The first-order chi connectivity index (χ1) is 30.4. The highest BCUT2D eigenvalue weighted by molar-refractivity contribution is 5.73. The molecule has 1 nitrogen and oxygen atoms in total. The molecule has 10 rings (SSSR count). The number of carbonyl (C=O) groups excluding carboxylic acids is 1. The van der Waals surface area contributed by atoms with Crippen LogP contribution in [0, 0.1) is 125 Å². The fourth-order valence-corrected chi connectivity index (χ4v) is 25.5. The molecular weight excluding hydrogens is 785 g/mol. The van der Waals surface area contributed by atoms with Gasteiger partial charge in [0.1, 0.15) is 6.29 Å². The average molecular weight is 892 g/mol. The zero-order chi connectivity index (χ0) is 46.6. The zero-order valence-corrected chi connectivity index (χ0v) is 45.7. The second kappa shape index (κ2) is 15.7. The zero-order valence-electron chi connectivity index (χ0n) is 45.7. The van der Waals surface area contributed by atoms with Crippen molar-refractivity contribution in [1.82, 2.24) is 0 Å². The molecule has 1 heteroatoms. The maximum atomic E-state index is 12.9. The fourth-order valence-electron chi connectivity index (χ4n) is 25.5. The van der Waals surface area contributed by atoms with Gasteiger partial charge in [-0.05, 0) is 278 Å². The number of aldehydes is 1. The van der Waals surface area contributed by atoms with Crippen LogP contribution in [0.2, 0.25) is 0 Å². The lowest BCUT2D eigenvalue weighted by atomic mass is 9.32. The minimum absolute atomic E-state index is 0.468. The van der Waals surface area contributed by atoms with Crippen LogP contribution in [0.1, 0.15) is 257 Å². The summed E-state index contributed by atoms with van der Waals surface area (Å²) in [7, 11) is 0. The summed E-state index contributed by atoms with van der Waals surface area (Å²) in [5, 5.41) is 0. The fraction of sp³-hybridized carbons (Fsp3) is 0.953. The van der Waals surface area contributed by atoms with E-state index in [2.05, 4.69) is 103 Å². The average Bonchev–Trinajstić information content (AvgIpc) is 3.77. The van der Waals surface area contributed by atoms with Gasteiger partial charge in [-0.1, -0.05) is 116 Å². The molecule has 0 heterocycles. The Morgan fingerprint density at radius 2 is 0.815 bits per heavy atom. The molecule has 10 aliphatic carbocycles. The standard InChI is InChI=1S/C64H106O/c1-42(45-24-34-57(7)47(45)26-36-61(11)51(57)20-22-53-59(9)32-16-30-55(3,4)49(59)28-38-63(53,61)13)18-15-19-44(41-65)40-43(2)46-25-35-58(8)48(46)27-37-62(12)52(58)21-23-54-60(10)33-17-31-56(5,6)50(60)29-39-64(54,62)14/h19,41-43,45-54H,15-18,20-40H2,1-14H3/b44-19+/t42-,43-,45-,46-,47+,48+,49+,50+,51-,52-,53-,54-,57+,58+,59+,60+,61-,62-,63-,64-/m1/s1. The third-order valence-corrected chi connectivity index (χ3v) is 28.7. The molecule has 0 aromatic carbocycles. The monoisotopic (exact) mass is 891 g/mol. The molecule has 368 valence electrons. The normalized spacial score (nSPS) is 55.1. The predicted molar refractivity (Wildman–Crippen MR) is 275 cm³/mol. The van der Waals surface area contributed by atoms with Gasteiger partial charge < -0.3 is 0 Å². The Morgan fingerprint density at radius 3 is 1.23 bits per heavy atom. The highest BCUT2D eigenvalue weighted by Gasteiger charge is 2.72. The Labute approximate surface area is 403 Å². The van der Waals surface area contributed by atoms with Crippen LogP contribution in [0.4, 0.5) is 0 Å². The van der Waals surface area contributed by atoms with Gasteiger partial charge in [0.15, 0.2) is 0 Å². The number of hydrogen-bond donors (Lipinski definition) is 0. The Morgan fingerprint density at radius 1 is 0.431 bits per heavy atom. The van der Waals surface area contributed by atoms with Gasteiger partial charge in [0.25, 0.3) is 0 Å². The van der Waals surface area contributed by atoms with E-state index >= 15 is 0 Å². The van der Waals surface area contributed by atoms with E-state index in [1.807, 2.05) is 0 Å². The smallest absolute Gasteiger partial charge is 0.145 e. The third kappa shape index (κ3) is 6.53. The number of allylic oxidation sites excluding steroid dienone is 2. The van der Waals surface area contributed by atoms with Crippen LogP contribution in [0.25, 0.3) is 0 Å². The molecular formula is C64H106O. The Balaban J connectivity index is 0.768. The number of fused-ring (bicyclic) bond motifs is 14. The lowest BCUT2D eigenvalue weighted by molar-refractivity contribution is -0.241. The van der Waals surface area contributed by atoms with Gasteiger partial charge in [-0.2, -0.15) is 0 Å². The van der Waals surface area contributed by atoms with Crippen LogP contribution < -0.4 is 0 Å². The lowest BCUT2D eigenvalue weighted by Crippen LogP contribution is -2.65. The van der Waals surface area contributed by atoms with Crippen molar-refractivity contribution < 1.29 is 4.79 Å². The maximum absolute atomic E-state index is 12.9. The van der Waals surface area contributed by atoms with E-state index in [1.54, 1.807) is 0 Å². The topological polar surface area (TPSA) is 17.1 Å². The van der Waals surface area contributed by atoms with E-state index in [1.165, 1.54) is 154 Å². The molecule has 0 unspecified atom stereocenters. The molecule has 0 saturated heterocycles. The summed E-state index contributed by atoms with van der Waals surface area (Å²) in [4.78, 5) is 12.9. The van der Waals surface area contributed by atoms with Gasteiger partial charge in [-0.3, -0.25) is 4.79 Å². The van der Waals surface area contributed by atoms with Crippen molar-refractivity contribution in [1.29, 1.82) is 0 Å². The summed E-state index contributed by atoms with van der Waals surface area (Å²) in [6, 6.07) is 0. The summed E-state index contributed by atoms with van der Waals surface area (Å²) in [6.07, 6.45) is 39.3. The molecule has 10 fully saturated rings. The summed E-state index contributed by atoms with van der Waals surface area (Å²) in [6.45, 7) is 38.2. The van der Waals surface area contributed by atoms with E-state index < -0.39 is 0 Å². The van der Waals surface area contributed by atoms with Gasteiger partial charge in [0, 0.05) is 0 Å². The van der Waals surface area contributed by atoms with Crippen molar-refractivity contribution in [2.45, 2.75) is 257 Å². The van der Waals surface area contributed by atoms with Crippen molar-refractivity contribution in [3.63, 3.8) is 0 Å². The van der Waals surface area contributed by atoms with Crippen LogP contribution in [-0.4, -0.2) is 6.29 Å². The maximum Gasteiger partial charge on any atom is 0.145 e. The molecule has 0 radical (unpaired) electrons. The van der Waals surface area contributed by atoms with Gasteiger partial charge in [0.05, 0.1) is 0 Å². The van der Waals surface area contributed by atoms with Gasteiger partial charge in [0.2, 0.25) is 0 Å². The molecule has 10 aliphatic rings. The first kappa shape index (κ1) is 48.1. The van der Waals surface area contributed by atoms with Crippen molar-refractivity contribution in [3.05, 3.63) is 11.6 Å². The second-order valence-electron chi connectivity index (χ2n) is 31.3. The third-order valence-electron chi connectivity index (χ3n) is 28.7. The first-order valence-electron chi connectivity index (χ1n) is 29.5. The number of hydrogen-bond acceptors (Lipinski definition) is 1. The van der Waals surface area contributed by atoms with E-state index in [0.29, 0.717) is 60.1 Å². The molecule has 0 bridgehead atoms. The molecule has 0 aliphatic heterocycles. The van der Waals surface area contributed by atoms with E-state index in [0.717, 1.165) is 83.5 Å². The van der Waals surface area contributed by atoms with Gasteiger partial charge in [-0.15, -0.1) is 0 Å². The molecule has 0 aromatic rings. The van der Waals surface area contributed by atoms with Crippen LogP contribution in [0.5, 0.6) is 0 Å². The summed E-state index contributed by atoms with van der Waals surface area (Å²) < 4.78 is 0. The molecule has 0 aromatic heterocycles. The molecule has 10 saturated carbocycles. The van der Waals surface area contributed by atoms with Crippen LogP contribution in [0.15, 0.2) is 11.6 Å². The van der Waals surface area contributed by atoms with Crippen molar-refractivity contribution >= 4 is 6.29 Å². The summed E-state index contributed by atoms with van der Waals surface area (Å²) in [5.74, 6) is 10.2. The Bertz CT molecular complexity index is 1850. The molecule has 20 atom stereocenters. The number of carbonyl (C=O) groups is 1. The largest absolute Gasteiger partial charge is 0.298 e. The highest BCUT2D eigenvalue weighted by Crippen LogP contribution is 2.80. The van der Waals surface area contributed by atoms with Crippen LogP contribution in [-0.2, 0) is 4.79 Å². The van der Waals surface area contributed by atoms with Crippen LogP contribution >= 0.6 is 0 Å². The highest BCUT2D eigenvalue weighted by atomic mass is 16.1. The predicted octanol–water partition coefficient (Wildman–Crippen LogP) is 18.5. The summed E-state index contributed by atoms with van der Waals surface area (Å²) >= 11 is 0. The van der Waals surface area contributed by atoms with Crippen molar-refractivity contribution in [3.8, 4) is 0 Å². The first-order valence-corrected chi connectivity index (χ1v) is 29.5.